The Morgan fingerprint density at radius 1 is 1.09 bits per heavy atom. The van der Waals surface area contributed by atoms with Crippen molar-refractivity contribution in [2.75, 3.05) is 42.9 Å². The lowest BCUT2D eigenvalue weighted by atomic mass is 10.1. The minimum atomic E-state index is -0.103. The zero-order valence-electron chi connectivity index (χ0n) is 18.9. The van der Waals surface area contributed by atoms with Gasteiger partial charge in [-0.05, 0) is 56.3 Å². The van der Waals surface area contributed by atoms with Gasteiger partial charge in [-0.1, -0.05) is 24.2 Å². The summed E-state index contributed by atoms with van der Waals surface area (Å²) in [4.78, 5) is 18.9. The zero-order valence-corrected chi connectivity index (χ0v) is 19.7. The Bertz CT molecular complexity index is 1070. The van der Waals surface area contributed by atoms with E-state index in [-0.39, 0.29) is 5.91 Å². The van der Waals surface area contributed by atoms with E-state index in [1.165, 1.54) is 5.69 Å². The van der Waals surface area contributed by atoms with Crippen molar-refractivity contribution in [2.45, 2.75) is 31.4 Å². The number of benzene rings is 2. The molecule has 1 aliphatic heterocycles. The van der Waals surface area contributed by atoms with Gasteiger partial charge in [-0.25, -0.2) is 0 Å². The first-order chi connectivity index (χ1) is 15.5. The second-order valence-electron chi connectivity index (χ2n) is 8.09. The van der Waals surface area contributed by atoms with Crippen molar-refractivity contribution in [2.24, 2.45) is 0 Å². The summed E-state index contributed by atoms with van der Waals surface area (Å²) in [7, 11) is 0. The largest absolute Gasteiger partial charge is 0.369 e. The van der Waals surface area contributed by atoms with Crippen molar-refractivity contribution in [3.8, 4) is 0 Å². The topological polar surface area (TPSA) is 61.6 Å². The highest BCUT2D eigenvalue weighted by molar-refractivity contribution is 7.98. The fourth-order valence-corrected chi connectivity index (χ4v) is 4.83. The molecule has 1 aliphatic rings. The number of amides is 1. The number of piperazine rings is 1. The van der Waals surface area contributed by atoms with Crippen LogP contribution in [0.4, 0.5) is 11.4 Å². The quantitative estimate of drug-likeness (QED) is 0.513. The molecule has 2 heterocycles. The maximum absolute atomic E-state index is 13.1. The summed E-state index contributed by atoms with van der Waals surface area (Å²) in [6, 6.07) is 15.9. The van der Waals surface area contributed by atoms with Gasteiger partial charge >= 0.3 is 0 Å². The first-order valence-electron chi connectivity index (χ1n) is 11.1. The van der Waals surface area contributed by atoms with Gasteiger partial charge in [0.2, 0.25) is 0 Å². The average molecular weight is 451 g/mol. The van der Waals surface area contributed by atoms with Crippen molar-refractivity contribution in [3.05, 3.63) is 71.1 Å². The van der Waals surface area contributed by atoms with E-state index in [9.17, 15) is 4.79 Å². The van der Waals surface area contributed by atoms with Gasteiger partial charge in [0.25, 0.3) is 5.91 Å². The number of nitrogens with one attached hydrogen (secondary N) is 1. The summed E-state index contributed by atoms with van der Waals surface area (Å²) in [5.74, 6) is 1.33. The third-order valence-corrected chi connectivity index (χ3v) is 6.92. The molecule has 0 spiro atoms. The number of thioether (sulfide) groups is 1. The van der Waals surface area contributed by atoms with Gasteiger partial charge in [-0.3, -0.25) is 4.79 Å². The number of likely N-dealkylation sites (N-methyl/N-ethyl adjacent to an activating group) is 1. The molecule has 1 fully saturated rings. The first-order valence-corrected chi connectivity index (χ1v) is 12.1. The zero-order chi connectivity index (χ0) is 22.5. The van der Waals surface area contributed by atoms with Crippen molar-refractivity contribution < 1.29 is 9.32 Å². The smallest absolute Gasteiger partial charge is 0.256 e. The summed E-state index contributed by atoms with van der Waals surface area (Å²) >= 11 is 1.57. The van der Waals surface area contributed by atoms with E-state index in [1.54, 1.807) is 11.8 Å². The number of hydrogen-bond acceptors (Lipinski definition) is 6. The molecule has 0 radical (unpaired) electrons. The summed E-state index contributed by atoms with van der Waals surface area (Å²) in [5.41, 5.74) is 4.65. The van der Waals surface area contributed by atoms with Crippen molar-refractivity contribution in [1.82, 2.24) is 10.1 Å². The first kappa shape index (κ1) is 22.4. The lowest BCUT2D eigenvalue weighted by Crippen LogP contribution is -2.46. The Morgan fingerprint density at radius 2 is 1.88 bits per heavy atom. The van der Waals surface area contributed by atoms with Crippen LogP contribution in [0.1, 0.15) is 34.3 Å². The lowest BCUT2D eigenvalue weighted by molar-refractivity contribution is 0.102. The Balaban J connectivity index is 1.42. The van der Waals surface area contributed by atoms with E-state index < -0.39 is 0 Å². The molecule has 1 aromatic heterocycles. The molecular weight excluding hydrogens is 420 g/mol. The Kier molecular flexibility index (Phi) is 7.17. The molecule has 7 heteroatoms. The maximum atomic E-state index is 13.1. The van der Waals surface area contributed by atoms with Crippen molar-refractivity contribution >= 4 is 29.0 Å². The van der Waals surface area contributed by atoms with Crippen LogP contribution >= 0.6 is 11.8 Å². The molecule has 0 bridgehead atoms. The van der Waals surface area contributed by atoms with Gasteiger partial charge in [0.15, 0.2) is 0 Å². The summed E-state index contributed by atoms with van der Waals surface area (Å²) < 4.78 is 5.29. The molecule has 1 amide bonds. The Labute approximate surface area is 194 Å². The molecule has 0 aliphatic carbocycles. The predicted octanol–water partition coefficient (Wildman–Crippen LogP) is 4.98. The number of carbonyl (C=O) groups excluding carboxylic acids is 1. The molecule has 6 nitrogen and oxygen atoms in total. The molecule has 4 rings (SSSR count). The molecule has 1 N–H and O–H groups in total. The van der Waals surface area contributed by atoms with E-state index in [1.807, 2.05) is 50.2 Å². The number of hydrogen-bond donors (Lipinski definition) is 1. The minimum Gasteiger partial charge on any atom is -0.369 e. The summed E-state index contributed by atoms with van der Waals surface area (Å²) in [6.45, 7) is 11.5. The van der Waals surface area contributed by atoms with Crippen LogP contribution in [0, 0.1) is 13.8 Å². The standard InChI is InChI=1S/C25H30N4O2S/c1-4-28-11-13-29(14-12-28)20-9-10-23(18(2)15-20)26-25(30)22-7-5-6-8-24(22)32-17-21-16-19(3)27-31-21/h5-10,15-16H,4,11-14,17H2,1-3H3,(H,26,30). The fraction of sp³-hybridized carbons (Fsp3) is 0.360. The van der Waals surface area contributed by atoms with Gasteiger partial charge in [0.1, 0.15) is 5.76 Å². The van der Waals surface area contributed by atoms with Crippen LogP contribution < -0.4 is 10.2 Å². The third-order valence-electron chi connectivity index (χ3n) is 5.82. The molecule has 32 heavy (non-hydrogen) atoms. The van der Waals surface area contributed by atoms with Gasteiger partial charge in [-0.15, -0.1) is 11.8 Å². The van der Waals surface area contributed by atoms with Gasteiger partial charge in [0.05, 0.1) is 17.0 Å². The van der Waals surface area contributed by atoms with Gasteiger partial charge in [-0.2, -0.15) is 0 Å². The maximum Gasteiger partial charge on any atom is 0.256 e. The number of carbonyl (C=O) groups is 1. The Hall–Kier alpha value is -2.77. The van der Waals surface area contributed by atoms with E-state index in [0.717, 1.165) is 60.3 Å². The number of anilines is 2. The molecule has 0 atom stereocenters. The third kappa shape index (κ3) is 5.34. The van der Waals surface area contributed by atoms with Crippen LogP contribution in [0.3, 0.4) is 0 Å². The van der Waals surface area contributed by atoms with Gasteiger partial charge in [0, 0.05) is 48.5 Å². The van der Waals surface area contributed by atoms with Crippen LogP contribution in [0.15, 0.2) is 57.9 Å². The van der Waals surface area contributed by atoms with Crippen LogP contribution in [0.5, 0.6) is 0 Å². The molecule has 0 saturated carbocycles. The monoisotopic (exact) mass is 450 g/mol. The van der Waals surface area contributed by atoms with Crippen LogP contribution in [-0.2, 0) is 5.75 Å². The summed E-state index contributed by atoms with van der Waals surface area (Å²) in [5, 5.41) is 7.03. The molecule has 168 valence electrons. The highest BCUT2D eigenvalue weighted by Crippen LogP contribution is 2.29. The van der Waals surface area contributed by atoms with E-state index in [2.05, 4.69) is 39.3 Å². The second kappa shape index (κ2) is 10.2. The van der Waals surface area contributed by atoms with Crippen LogP contribution in [0.25, 0.3) is 0 Å². The van der Waals surface area contributed by atoms with Crippen LogP contribution in [0.2, 0.25) is 0 Å². The molecule has 3 aromatic rings. The number of aromatic nitrogens is 1. The second-order valence-corrected chi connectivity index (χ2v) is 9.11. The predicted molar refractivity (Wildman–Crippen MR) is 131 cm³/mol. The molecular formula is C25H30N4O2S. The van der Waals surface area contributed by atoms with Gasteiger partial charge < -0.3 is 19.6 Å². The summed E-state index contributed by atoms with van der Waals surface area (Å²) in [6.07, 6.45) is 0. The number of rotatable bonds is 7. The Morgan fingerprint density at radius 3 is 2.56 bits per heavy atom. The fourth-order valence-electron chi connectivity index (χ4n) is 3.91. The van der Waals surface area contributed by atoms with Crippen molar-refractivity contribution in [1.29, 1.82) is 0 Å². The van der Waals surface area contributed by atoms with E-state index in [0.29, 0.717) is 11.3 Å². The molecule has 1 saturated heterocycles. The average Bonchev–Trinajstić information content (AvgIpc) is 3.24. The van der Waals surface area contributed by atoms with Crippen LogP contribution in [-0.4, -0.2) is 48.7 Å². The van der Waals surface area contributed by atoms with E-state index in [4.69, 9.17) is 4.52 Å². The van der Waals surface area contributed by atoms with Crippen molar-refractivity contribution in [3.63, 3.8) is 0 Å². The lowest BCUT2D eigenvalue weighted by Gasteiger charge is -2.35. The normalized spacial score (nSPS) is 14.5. The number of nitrogens with zero attached hydrogens (tertiary/aromatic N) is 3. The molecule has 2 aromatic carbocycles. The van der Waals surface area contributed by atoms with E-state index >= 15 is 0 Å². The minimum absolute atomic E-state index is 0.103. The molecule has 0 unspecified atom stereocenters. The number of aryl methyl sites for hydroxylation is 2. The highest BCUT2D eigenvalue weighted by Gasteiger charge is 2.18. The SMILES string of the molecule is CCN1CCN(c2ccc(NC(=O)c3ccccc3SCc3cc(C)no3)c(C)c2)CC1. The highest BCUT2D eigenvalue weighted by atomic mass is 32.2.